The zero-order chi connectivity index (χ0) is 28.6. The van der Waals surface area contributed by atoms with Crippen molar-refractivity contribution >= 4 is 50.4 Å². The summed E-state index contributed by atoms with van der Waals surface area (Å²) in [5, 5.41) is 16.3. The maximum absolute atomic E-state index is 12.7. The minimum atomic E-state index is 0.0620. The molecule has 0 bridgehead atoms. The first-order valence-electron chi connectivity index (χ1n) is 14.5. The Labute approximate surface area is 247 Å². The highest BCUT2D eigenvalue weighted by Crippen LogP contribution is 2.37. The normalized spacial score (nSPS) is 15.8. The van der Waals surface area contributed by atoms with Gasteiger partial charge in [0.2, 0.25) is 5.91 Å². The summed E-state index contributed by atoms with van der Waals surface area (Å²) >= 11 is 1.48. The second-order valence-electron chi connectivity index (χ2n) is 11.3. The Bertz CT molecular complexity index is 1880. The molecule has 5 aromatic rings. The summed E-state index contributed by atoms with van der Waals surface area (Å²) in [6.45, 7) is 2.19. The third-order valence-electron chi connectivity index (χ3n) is 8.29. The van der Waals surface area contributed by atoms with Gasteiger partial charge in [0, 0.05) is 45.7 Å². The Morgan fingerprint density at radius 3 is 2.74 bits per heavy atom. The van der Waals surface area contributed by atoms with Crippen LogP contribution in [0.2, 0.25) is 0 Å². The molecule has 0 unspecified atom stereocenters. The van der Waals surface area contributed by atoms with Gasteiger partial charge in [0.1, 0.15) is 5.69 Å². The summed E-state index contributed by atoms with van der Waals surface area (Å²) < 4.78 is 0. The van der Waals surface area contributed by atoms with E-state index in [1.54, 1.807) is 6.92 Å². The number of rotatable bonds is 7. The molecule has 8 nitrogen and oxygen atoms in total. The number of hydrogen-bond donors (Lipinski definition) is 4. The number of dihydropyridines is 1. The molecule has 4 aromatic heterocycles. The lowest BCUT2D eigenvalue weighted by atomic mass is 9.87. The number of Topliss-reactive ketones (excluding diaryl/α,β-unsaturated/α-hetero) is 1. The largest absolute Gasteiger partial charge is 0.385 e. The van der Waals surface area contributed by atoms with Crippen molar-refractivity contribution in [3.8, 4) is 21.8 Å². The zero-order valence-electron chi connectivity index (χ0n) is 23.4. The van der Waals surface area contributed by atoms with Gasteiger partial charge >= 0.3 is 0 Å². The Morgan fingerprint density at radius 1 is 1.02 bits per heavy atom. The van der Waals surface area contributed by atoms with Gasteiger partial charge in [-0.05, 0) is 73.2 Å². The number of fused-ring (bicyclic) bond motifs is 2. The molecule has 0 radical (unpaired) electrons. The molecule has 0 spiro atoms. The number of pyridine rings is 1. The number of hydrogen-bond acceptors (Lipinski definition) is 6. The van der Waals surface area contributed by atoms with Crippen molar-refractivity contribution in [1.29, 1.82) is 0 Å². The number of thiophene rings is 1. The number of nitrogens with zero attached hydrogens (tertiary/aromatic N) is 2. The molecular formula is C33H32N6O2S. The molecule has 1 saturated carbocycles. The van der Waals surface area contributed by atoms with Crippen LogP contribution in [0.5, 0.6) is 0 Å². The monoisotopic (exact) mass is 576 g/mol. The molecular weight excluding hydrogens is 544 g/mol. The van der Waals surface area contributed by atoms with Crippen LogP contribution < -0.4 is 10.6 Å². The quantitative estimate of drug-likeness (QED) is 0.157. The van der Waals surface area contributed by atoms with E-state index in [0.717, 1.165) is 78.2 Å². The summed E-state index contributed by atoms with van der Waals surface area (Å²) in [5.74, 6) is 0.677. The van der Waals surface area contributed by atoms with Crippen molar-refractivity contribution in [2.75, 3.05) is 6.54 Å². The molecule has 2 aliphatic rings. The summed E-state index contributed by atoms with van der Waals surface area (Å²) in [5.41, 5.74) is 7.45. The number of carbonyl (C=O) groups is 2. The van der Waals surface area contributed by atoms with Crippen LogP contribution in [0.15, 0.2) is 66.8 Å². The fourth-order valence-electron chi connectivity index (χ4n) is 6.13. The molecule has 5 heterocycles. The van der Waals surface area contributed by atoms with E-state index in [-0.39, 0.29) is 11.7 Å². The van der Waals surface area contributed by atoms with Crippen LogP contribution >= 0.6 is 11.3 Å². The number of nitrogens with one attached hydrogen (secondary N) is 4. The molecule has 1 fully saturated rings. The van der Waals surface area contributed by atoms with Gasteiger partial charge in [-0.15, -0.1) is 11.3 Å². The summed E-state index contributed by atoms with van der Waals surface area (Å²) in [4.78, 5) is 34.3. The van der Waals surface area contributed by atoms with Gasteiger partial charge in [0.15, 0.2) is 5.78 Å². The van der Waals surface area contributed by atoms with Crippen molar-refractivity contribution in [2.24, 2.45) is 5.92 Å². The fraction of sp³-hybridized carbons (Fsp3) is 0.273. The average Bonchev–Trinajstić information content (AvgIpc) is 3.75. The van der Waals surface area contributed by atoms with Crippen molar-refractivity contribution in [1.82, 2.24) is 30.8 Å². The van der Waals surface area contributed by atoms with Crippen LogP contribution in [0.25, 0.3) is 49.2 Å². The number of H-pyrrole nitrogens is 2. The minimum absolute atomic E-state index is 0.0620. The summed E-state index contributed by atoms with van der Waals surface area (Å²) in [6, 6.07) is 12.2. The lowest BCUT2D eigenvalue weighted by molar-refractivity contribution is -0.121. The highest BCUT2D eigenvalue weighted by molar-refractivity contribution is 7.17. The van der Waals surface area contributed by atoms with Gasteiger partial charge in [-0.1, -0.05) is 25.3 Å². The molecule has 42 heavy (non-hydrogen) atoms. The lowest BCUT2D eigenvalue weighted by Gasteiger charge is -2.22. The number of aromatic nitrogens is 4. The van der Waals surface area contributed by atoms with Crippen molar-refractivity contribution in [2.45, 2.75) is 45.4 Å². The molecule has 1 amide bonds. The fourth-order valence-corrected chi connectivity index (χ4v) is 7.05. The minimum Gasteiger partial charge on any atom is -0.385 e. The molecule has 212 valence electrons. The average molecular weight is 577 g/mol. The van der Waals surface area contributed by atoms with Gasteiger partial charge in [-0.25, -0.2) is 0 Å². The van der Waals surface area contributed by atoms with Crippen molar-refractivity contribution < 1.29 is 9.59 Å². The van der Waals surface area contributed by atoms with Crippen molar-refractivity contribution in [3.63, 3.8) is 0 Å². The Hall–Kier alpha value is -4.50. The number of ketones is 1. The third kappa shape index (κ3) is 5.16. The van der Waals surface area contributed by atoms with Crippen LogP contribution in [0.1, 0.15) is 60.7 Å². The van der Waals surface area contributed by atoms with Gasteiger partial charge in [0.25, 0.3) is 0 Å². The summed E-state index contributed by atoms with van der Waals surface area (Å²) in [6.07, 6.45) is 14.4. The molecule has 0 saturated heterocycles. The molecule has 1 aromatic carbocycles. The Balaban J connectivity index is 1.17. The van der Waals surface area contributed by atoms with E-state index >= 15 is 0 Å². The molecule has 1 aliphatic heterocycles. The topological polar surface area (TPSA) is 116 Å². The summed E-state index contributed by atoms with van der Waals surface area (Å²) in [7, 11) is 0. The highest BCUT2D eigenvalue weighted by Gasteiger charge is 2.19. The first kappa shape index (κ1) is 26.4. The first-order valence-corrected chi connectivity index (χ1v) is 15.3. The Morgan fingerprint density at radius 2 is 1.90 bits per heavy atom. The molecule has 1 aliphatic carbocycles. The number of carbonyl (C=O) groups excluding carboxylic acids is 2. The SMILES string of the molecule is CC(=O)c1ccc(-c2cncc3[nH]c(-c4n[nH]c5ccc(C6=CNCC(NC(=O)CC7CCCCC7)=C6)cc45)cc23)s1. The standard InChI is InChI=1S/C33H32N6O2S/c1-19(40)30-9-10-31(42-30)26-17-35-18-29-24(26)14-28(37-29)33-25-13-21(7-8-27(25)38-39-33)22-12-23(16-34-15-22)36-32(41)11-20-5-3-2-4-6-20/h7-10,12-15,17-18,20,34,37H,2-6,11,16H2,1H3,(H,36,41)(H,38,39). The predicted molar refractivity (Wildman–Crippen MR) is 168 cm³/mol. The Kier molecular flexibility index (Phi) is 6.95. The number of amides is 1. The van der Waals surface area contributed by atoms with E-state index in [1.807, 2.05) is 36.8 Å². The lowest BCUT2D eigenvalue weighted by Crippen LogP contribution is -2.31. The van der Waals surface area contributed by atoms with E-state index in [4.69, 9.17) is 0 Å². The zero-order valence-corrected chi connectivity index (χ0v) is 24.2. The van der Waals surface area contributed by atoms with Crippen LogP contribution in [-0.4, -0.2) is 38.4 Å². The third-order valence-corrected chi connectivity index (χ3v) is 9.51. The number of benzene rings is 1. The van der Waals surface area contributed by atoms with Gasteiger partial charge < -0.3 is 15.6 Å². The second kappa shape index (κ2) is 11.1. The van der Waals surface area contributed by atoms with Gasteiger partial charge in [-0.3, -0.25) is 19.7 Å². The molecule has 7 rings (SSSR count). The van der Waals surface area contributed by atoms with E-state index in [0.29, 0.717) is 18.9 Å². The first-order chi connectivity index (χ1) is 20.5. The predicted octanol–water partition coefficient (Wildman–Crippen LogP) is 6.95. The van der Waals surface area contributed by atoms with Crippen molar-refractivity contribution in [3.05, 3.63) is 77.2 Å². The second-order valence-corrected chi connectivity index (χ2v) is 12.4. The van der Waals surface area contributed by atoms with E-state index in [9.17, 15) is 9.59 Å². The number of aromatic amines is 2. The van der Waals surface area contributed by atoms with E-state index in [2.05, 4.69) is 55.1 Å². The maximum Gasteiger partial charge on any atom is 0.224 e. The van der Waals surface area contributed by atoms with E-state index < -0.39 is 0 Å². The van der Waals surface area contributed by atoms with Crippen LogP contribution in [0.4, 0.5) is 0 Å². The van der Waals surface area contributed by atoms with Gasteiger partial charge in [-0.2, -0.15) is 5.10 Å². The molecule has 9 heteroatoms. The van der Waals surface area contributed by atoms with Crippen LogP contribution in [-0.2, 0) is 4.79 Å². The van der Waals surface area contributed by atoms with Crippen LogP contribution in [0, 0.1) is 5.92 Å². The van der Waals surface area contributed by atoms with E-state index in [1.165, 1.54) is 30.6 Å². The molecule has 0 atom stereocenters. The highest BCUT2D eigenvalue weighted by atomic mass is 32.1. The van der Waals surface area contributed by atoms with Crippen LogP contribution in [0.3, 0.4) is 0 Å². The number of allylic oxidation sites excluding steroid dienone is 2. The molecule has 4 N–H and O–H groups in total. The van der Waals surface area contributed by atoms with Gasteiger partial charge in [0.05, 0.1) is 34.3 Å². The maximum atomic E-state index is 12.7. The smallest absolute Gasteiger partial charge is 0.224 e.